The molecule has 29 heavy (non-hydrogen) atoms. The molecule has 4 rings (SSSR count). The molecule has 0 aliphatic rings. The standard InChI is InChI=1S/C21H14F3N3O2/c1-13-9-10-29-18(13)12-25-27-19(14-5-4-6-15(11-14)21(22,23)24)26-17-8-3-2-7-16(17)20(27)28/h2-12H,1H3. The first kappa shape index (κ1) is 18.7. The van der Waals surface area contributed by atoms with Crippen LogP contribution in [0.3, 0.4) is 0 Å². The SMILES string of the molecule is Cc1ccoc1C=Nn1c(-c2cccc(C(F)(F)F)c2)nc2ccccc2c1=O. The zero-order valence-corrected chi connectivity index (χ0v) is 15.1. The summed E-state index contributed by atoms with van der Waals surface area (Å²) in [6.45, 7) is 1.81. The van der Waals surface area contributed by atoms with E-state index in [1.165, 1.54) is 24.6 Å². The molecule has 2 aromatic carbocycles. The van der Waals surface area contributed by atoms with Gasteiger partial charge >= 0.3 is 6.18 Å². The molecule has 2 heterocycles. The Morgan fingerprint density at radius 3 is 2.62 bits per heavy atom. The maximum Gasteiger partial charge on any atom is 0.416 e. The van der Waals surface area contributed by atoms with Crippen molar-refractivity contribution in [1.29, 1.82) is 0 Å². The lowest BCUT2D eigenvalue weighted by Crippen LogP contribution is -2.20. The van der Waals surface area contributed by atoms with Crippen LogP contribution in [0.15, 0.2) is 75.2 Å². The Morgan fingerprint density at radius 1 is 1.10 bits per heavy atom. The highest BCUT2D eigenvalue weighted by atomic mass is 19.4. The van der Waals surface area contributed by atoms with E-state index in [4.69, 9.17) is 4.42 Å². The molecule has 5 nitrogen and oxygen atoms in total. The van der Waals surface area contributed by atoms with Crippen molar-refractivity contribution in [2.45, 2.75) is 13.1 Å². The largest absolute Gasteiger partial charge is 0.463 e. The van der Waals surface area contributed by atoms with Crippen LogP contribution in [0.1, 0.15) is 16.9 Å². The molecule has 0 fully saturated rings. The summed E-state index contributed by atoms with van der Waals surface area (Å²) in [7, 11) is 0. The lowest BCUT2D eigenvalue weighted by Gasteiger charge is -2.12. The van der Waals surface area contributed by atoms with E-state index in [1.807, 2.05) is 0 Å². The van der Waals surface area contributed by atoms with Crippen molar-refractivity contribution in [2.24, 2.45) is 5.10 Å². The fourth-order valence-electron chi connectivity index (χ4n) is 2.88. The van der Waals surface area contributed by atoms with Gasteiger partial charge in [-0.05, 0) is 42.8 Å². The minimum absolute atomic E-state index is 0.000240. The normalized spacial score (nSPS) is 12.1. The number of hydrogen-bond acceptors (Lipinski definition) is 4. The average Bonchev–Trinajstić information content (AvgIpc) is 3.11. The summed E-state index contributed by atoms with van der Waals surface area (Å²) < 4.78 is 45.8. The van der Waals surface area contributed by atoms with Crippen LogP contribution in [-0.2, 0) is 6.18 Å². The Kier molecular flexibility index (Phi) is 4.54. The van der Waals surface area contributed by atoms with Crippen molar-refractivity contribution in [3.8, 4) is 11.4 Å². The van der Waals surface area contributed by atoms with E-state index in [9.17, 15) is 18.0 Å². The summed E-state index contributed by atoms with van der Waals surface area (Å²) in [5.41, 5.74) is -0.0454. The van der Waals surface area contributed by atoms with E-state index in [0.717, 1.165) is 22.4 Å². The van der Waals surface area contributed by atoms with Gasteiger partial charge in [-0.25, -0.2) is 4.98 Å². The summed E-state index contributed by atoms with van der Waals surface area (Å²) in [6.07, 6.45) is -1.71. The number of alkyl halides is 3. The lowest BCUT2D eigenvalue weighted by molar-refractivity contribution is -0.137. The van der Waals surface area contributed by atoms with Crippen LogP contribution in [0.5, 0.6) is 0 Å². The van der Waals surface area contributed by atoms with Crippen molar-refractivity contribution in [3.63, 3.8) is 0 Å². The summed E-state index contributed by atoms with van der Waals surface area (Å²) in [4.78, 5) is 17.4. The van der Waals surface area contributed by atoms with Crippen molar-refractivity contribution in [1.82, 2.24) is 9.66 Å². The summed E-state index contributed by atoms with van der Waals surface area (Å²) in [6, 6.07) is 13.0. The molecule has 0 radical (unpaired) electrons. The van der Waals surface area contributed by atoms with Gasteiger partial charge in [-0.3, -0.25) is 4.79 Å². The van der Waals surface area contributed by atoms with Gasteiger partial charge in [-0.15, -0.1) is 0 Å². The molecule has 146 valence electrons. The number of aromatic nitrogens is 2. The third kappa shape index (κ3) is 3.56. The van der Waals surface area contributed by atoms with Gasteiger partial charge in [0, 0.05) is 5.56 Å². The number of fused-ring (bicyclic) bond motifs is 1. The van der Waals surface area contributed by atoms with Crippen LogP contribution in [0.25, 0.3) is 22.3 Å². The minimum atomic E-state index is -4.52. The Hall–Kier alpha value is -3.68. The van der Waals surface area contributed by atoms with Gasteiger partial charge in [-0.2, -0.15) is 22.9 Å². The number of halogens is 3. The highest BCUT2D eigenvalue weighted by Gasteiger charge is 2.30. The molecule has 0 atom stereocenters. The van der Waals surface area contributed by atoms with Gasteiger partial charge in [-0.1, -0.05) is 24.3 Å². The Labute approximate surface area is 162 Å². The van der Waals surface area contributed by atoms with E-state index in [1.54, 1.807) is 37.3 Å². The molecule has 8 heteroatoms. The number of furan rings is 1. The molecule has 0 saturated heterocycles. The second-order valence-electron chi connectivity index (χ2n) is 6.36. The number of aryl methyl sites for hydroxylation is 1. The third-order valence-electron chi connectivity index (χ3n) is 4.39. The second-order valence-corrected chi connectivity index (χ2v) is 6.36. The molecule has 0 unspecified atom stereocenters. The van der Waals surface area contributed by atoms with E-state index in [2.05, 4.69) is 10.1 Å². The van der Waals surface area contributed by atoms with Crippen LogP contribution >= 0.6 is 0 Å². The third-order valence-corrected chi connectivity index (χ3v) is 4.39. The van der Waals surface area contributed by atoms with Crippen molar-refractivity contribution < 1.29 is 17.6 Å². The molecule has 0 aliphatic heterocycles. The quantitative estimate of drug-likeness (QED) is 0.464. The molecule has 0 aliphatic carbocycles. The monoisotopic (exact) mass is 397 g/mol. The van der Waals surface area contributed by atoms with E-state index >= 15 is 0 Å². The van der Waals surface area contributed by atoms with E-state index in [-0.39, 0.29) is 11.4 Å². The van der Waals surface area contributed by atoms with Gasteiger partial charge in [0.2, 0.25) is 0 Å². The number of para-hydroxylation sites is 1. The molecule has 0 saturated carbocycles. The van der Waals surface area contributed by atoms with Gasteiger partial charge in [0.1, 0.15) is 5.76 Å². The minimum Gasteiger partial charge on any atom is -0.463 e. The molecule has 0 N–H and O–H groups in total. The number of nitrogens with zero attached hydrogens (tertiary/aromatic N) is 3. The highest BCUT2D eigenvalue weighted by Crippen LogP contribution is 2.31. The van der Waals surface area contributed by atoms with Crippen molar-refractivity contribution in [3.05, 3.63) is 88.1 Å². The maximum absolute atomic E-state index is 13.2. The average molecular weight is 397 g/mol. The van der Waals surface area contributed by atoms with Gasteiger partial charge in [0.05, 0.1) is 28.9 Å². The van der Waals surface area contributed by atoms with Crippen LogP contribution in [0.4, 0.5) is 13.2 Å². The second kappa shape index (κ2) is 7.05. The molecular formula is C21H14F3N3O2. The zero-order chi connectivity index (χ0) is 20.6. The summed E-state index contributed by atoms with van der Waals surface area (Å²) in [5.74, 6) is 0.431. The first-order chi connectivity index (χ1) is 13.8. The molecule has 0 spiro atoms. The van der Waals surface area contributed by atoms with Crippen LogP contribution in [-0.4, -0.2) is 15.9 Å². The molecule has 4 aromatic rings. The lowest BCUT2D eigenvalue weighted by atomic mass is 10.1. The smallest absolute Gasteiger partial charge is 0.416 e. The van der Waals surface area contributed by atoms with Crippen molar-refractivity contribution >= 4 is 17.1 Å². The Balaban J connectivity index is 1.96. The fraction of sp³-hybridized carbons (Fsp3) is 0.0952. The van der Waals surface area contributed by atoms with E-state index < -0.39 is 17.3 Å². The van der Waals surface area contributed by atoms with E-state index in [0.29, 0.717) is 16.7 Å². The first-order valence-electron chi connectivity index (χ1n) is 8.62. The topological polar surface area (TPSA) is 60.4 Å². The van der Waals surface area contributed by atoms with Crippen molar-refractivity contribution in [2.75, 3.05) is 0 Å². The zero-order valence-electron chi connectivity index (χ0n) is 15.1. The Morgan fingerprint density at radius 2 is 1.90 bits per heavy atom. The Bertz CT molecular complexity index is 1290. The van der Waals surface area contributed by atoms with Gasteiger partial charge in [0.25, 0.3) is 5.56 Å². The van der Waals surface area contributed by atoms with Crippen LogP contribution < -0.4 is 5.56 Å². The molecule has 0 bridgehead atoms. The number of benzene rings is 2. The maximum atomic E-state index is 13.2. The highest BCUT2D eigenvalue weighted by molar-refractivity contribution is 5.81. The predicted octanol–water partition coefficient (Wildman–Crippen LogP) is 4.87. The number of rotatable bonds is 3. The molecular weight excluding hydrogens is 383 g/mol. The van der Waals surface area contributed by atoms with Crippen LogP contribution in [0, 0.1) is 6.92 Å². The first-order valence-corrected chi connectivity index (χ1v) is 8.62. The fourth-order valence-corrected chi connectivity index (χ4v) is 2.88. The summed E-state index contributed by atoms with van der Waals surface area (Å²) in [5, 5.41) is 4.47. The number of hydrogen-bond donors (Lipinski definition) is 0. The van der Waals surface area contributed by atoms with Crippen LogP contribution in [0.2, 0.25) is 0 Å². The van der Waals surface area contributed by atoms with Gasteiger partial charge < -0.3 is 4.42 Å². The molecule has 2 aromatic heterocycles. The molecule has 0 amide bonds. The van der Waals surface area contributed by atoms with Gasteiger partial charge in [0.15, 0.2) is 5.82 Å². The summed E-state index contributed by atoms with van der Waals surface area (Å²) >= 11 is 0. The predicted molar refractivity (Wildman–Crippen MR) is 103 cm³/mol.